The van der Waals surface area contributed by atoms with E-state index in [4.69, 9.17) is 14.2 Å². The summed E-state index contributed by atoms with van der Waals surface area (Å²) >= 11 is 0. The Morgan fingerprint density at radius 1 is 0.246 bits per heavy atom. The first-order valence-corrected chi connectivity index (χ1v) is 23.8. The van der Waals surface area contributed by atoms with Gasteiger partial charge in [0.05, 0.1) is 0 Å². The number of hydrogen-bond donors (Lipinski definition) is 0. The van der Waals surface area contributed by atoms with Crippen LogP contribution in [0.25, 0.3) is 0 Å². The van der Waals surface area contributed by atoms with E-state index in [0.29, 0.717) is 0 Å². The number of hydrogen-bond acceptors (Lipinski definition) is 6. The fraction of sp³-hybridized carbons (Fsp3) is 0. The molecule has 0 atom stereocenters. The molecule has 0 N–H and O–H groups in total. The average molecular weight is 879 g/mol. The fourth-order valence-corrected chi connectivity index (χ4v) is 12.5. The summed E-state index contributed by atoms with van der Waals surface area (Å²) in [6.07, 6.45) is 0. The zero-order valence-electron chi connectivity index (χ0n) is 37.1. The molecule has 6 nitrogen and oxygen atoms in total. The zero-order chi connectivity index (χ0) is 44.9. The van der Waals surface area contributed by atoms with E-state index < -0.39 is 0 Å². The van der Waals surface area contributed by atoms with Crippen molar-refractivity contribution in [1.82, 2.24) is 0 Å². The summed E-state index contributed by atoms with van der Waals surface area (Å²) in [4.78, 5) is 7.27. The molecule has 0 radical (unpaired) electrons. The van der Waals surface area contributed by atoms with Gasteiger partial charge in [-0.3, -0.25) is 0 Å². The highest BCUT2D eigenvalue weighted by Crippen LogP contribution is 2.49. The van der Waals surface area contributed by atoms with Gasteiger partial charge in [0.2, 0.25) is 0 Å². The minimum absolute atomic E-state index is 0.0842. The Morgan fingerprint density at radius 3 is 1.38 bits per heavy atom. The topological polar surface area (TPSA) is 37.4 Å². The van der Waals surface area contributed by atoms with Crippen LogP contribution in [0.3, 0.4) is 0 Å². The van der Waals surface area contributed by atoms with Gasteiger partial charge in [0, 0.05) is 68.8 Å². The van der Waals surface area contributed by atoms with Crippen molar-refractivity contribution in [3.63, 3.8) is 0 Å². The Labute approximate surface area is 400 Å². The third-order valence-corrected chi connectivity index (χ3v) is 15.2. The molecule has 10 aromatic rings. The monoisotopic (exact) mass is 879 g/mol. The molecule has 0 aliphatic carbocycles. The highest BCUT2D eigenvalue weighted by molar-refractivity contribution is 7.04. The van der Waals surface area contributed by atoms with E-state index in [9.17, 15) is 0 Å². The normalized spacial score (nSPS) is 14.3. The lowest BCUT2D eigenvalue weighted by Gasteiger charge is -2.46. The van der Waals surface area contributed by atoms with Crippen LogP contribution >= 0.6 is 0 Å². The van der Waals surface area contributed by atoms with Crippen LogP contribution in [-0.2, 0) is 0 Å². The molecule has 0 bridgehead atoms. The van der Waals surface area contributed by atoms with Gasteiger partial charge in [0.15, 0.2) is 0 Å². The van der Waals surface area contributed by atoms with Crippen LogP contribution in [0, 0.1) is 0 Å². The second kappa shape index (κ2) is 13.9. The lowest BCUT2D eigenvalue weighted by molar-refractivity contribution is 0.467. The maximum absolute atomic E-state index is 7.44. The summed E-state index contributed by atoms with van der Waals surface area (Å²) in [6.45, 7) is -0.420. The molecule has 6 aliphatic heterocycles. The van der Waals surface area contributed by atoms with Crippen LogP contribution in [0.1, 0.15) is 0 Å². The molecule has 0 saturated heterocycles. The minimum atomic E-state index is -0.244. The molecule has 0 saturated carbocycles. The molecule has 0 aromatic heterocycles. The van der Waals surface area contributed by atoms with Crippen LogP contribution < -0.4 is 78.1 Å². The Kier molecular flexibility index (Phi) is 7.50. The van der Waals surface area contributed by atoms with Crippen molar-refractivity contribution in [2.45, 2.75) is 0 Å². The van der Waals surface area contributed by atoms with Crippen molar-refractivity contribution in [3.05, 3.63) is 218 Å². The Bertz CT molecular complexity index is 3810. The smallest absolute Gasteiger partial charge is 0.260 e. The summed E-state index contributed by atoms with van der Waals surface area (Å²) in [5, 5.41) is 0. The predicted molar refractivity (Wildman–Crippen MR) is 284 cm³/mol. The molecule has 16 rings (SSSR count). The van der Waals surface area contributed by atoms with Gasteiger partial charge in [-0.25, -0.2) is 0 Å². The number of fused-ring (bicyclic) bond motifs is 13. The van der Waals surface area contributed by atoms with E-state index in [2.05, 4.69) is 233 Å². The number of anilines is 9. The second-order valence-electron chi connectivity index (χ2n) is 18.7. The first-order valence-electron chi connectivity index (χ1n) is 23.8. The van der Waals surface area contributed by atoms with Gasteiger partial charge in [-0.15, -0.1) is 0 Å². The number of para-hydroxylation sites is 6. The second-order valence-corrected chi connectivity index (χ2v) is 18.7. The van der Waals surface area contributed by atoms with Crippen LogP contribution in [0.15, 0.2) is 218 Å². The van der Waals surface area contributed by atoms with Crippen molar-refractivity contribution in [2.24, 2.45) is 0 Å². The van der Waals surface area contributed by atoms with Crippen LogP contribution in [0.4, 0.5) is 51.2 Å². The zero-order valence-corrected chi connectivity index (χ0v) is 37.1. The first kappa shape index (κ1) is 37.3. The maximum atomic E-state index is 7.44. The summed E-state index contributed by atoms with van der Waals surface area (Å²) in [5.74, 6) is 5.14. The molecule has 0 fully saturated rings. The van der Waals surface area contributed by atoms with Gasteiger partial charge >= 0.3 is 0 Å². The molecule has 10 aromatic carbocycles. The molecular weight excluding hydrogens is 843 g/mol. The van der Waals surface area contributed by atoms with Gasteiger partial charge < -0.3 is 28.9 Å². The van der Waals surface area contributed by atoms with E-state index in [0.717, 1.165) is 107 Å². The Balaban J connectivity index is 1.01. The molecule has 318 valence electrons. The fourth-order valence-electron chi connectivity index (χ4n) is 12.5. The molecule has 6 aliphatic rings. The number of ether oxygens (including phenoxy) is 3. The van der Waals surface area contributed by atoms with Crippen LogP contribution in [0.2, 0.25) is 0 Å². The number of rotatable bonds is 3. The predicted octanol–water partition coefficient (Wildman–Crippen LogP) is 8.90. The Hall–Kier alpha value is -8.81. The quantitative estimate of drug-likeness (QED) is 0.165. The van der Waals surface area contributed by atoms with E-state index in [1.165, 1.54) is 27.5 Å². The highest BCUT2D eigenvalue weighted by Gasteiger charge is 2.51. The van der Waals surface area contributed by atoms with Crippen molar-refractivity contribution in [1.29, 1.82) is 0 Å². The van der Waals surface area contributed by atoms with E-state index in [1.54, 1.807) is 0 Å². The molecule has 0 spiro atoms. The third-order valence-electron chi connectivity index (χ3n) is 15.2. The number of benzene rings is 10. The van der Waals surface area contributed by atoms with Gasteiger partial charge in [0.25, 0.3) is 20.1 Å². The van der Waals surface area contributed by atoms with Gasteiger partial charge in [0.1, 0.15) is 34.5 Å². The molecule has 69 heavy (non-hydrogen) atoms. The highest BCUT2D eigenvalue weighted by atomic mass is 16.5. The van der Waals surface area contributed by atoms with Gasteiger partial charge in [-0.05, 0) is 123 Å². The molecule has 0 unspecified atom stereocenters. The van der Waals surface area contributed by atoms with Crippen molar-refractivity contribution in [2.75, 3.05) is 14.7 Å². The van der Waals surface area contributed by atoms with E-state index >= 15 is 0 Å². The van der Waals surface area contributed by atoms with E-state index in [1.807, 2.05) is 0 Å². The summed E-state index contributed by atoms with van der Waals surface area (Å²) in [7, 11) is 0. The van der Waals surface area contributed by atoms with Crippen LogP contribution in [-0.4, -0.2) is 20.1 Å². The summed E-state index contributed by atoms with van der Waals surface area (Å²) in [6, 6.07) is 78.6. The molecule has 6 heterocycles. The number of nitrogens with zero attached hydrogens (tertiary/aromatic N) is 3. The third kappa shape index (κ3) is 5.03. The summed E-state index contributed by atoms with van der Waals surface area (Å²) in [5.41, 5.74) is 20.3. The maximum Gasteiger partial charge on any atom is 0.260 e. The standard InChI is InChI=1S/C60H36B3N3O3/c1-4-18-37(19-5-1)64-45-27-13-10-24-40(45)61-44-34-43-49(35-54(44)68-53-33-17-30-48(64)57(53)61)65(38-20-6-2-7-21-38)46-28-16-29-47-56(46)63(43)58-50(66(47)39-22-8-3-9-23-39)36-55-59-60(58)69-52-32-15-12-26-42(52)62(59)41-25-11-14-31-51(41)67-55/h1-36H. The Morgan fingerprint density at radius 2 is 0.710 bits per heavy atom. The summed E-state index contributed by atoms with van der Waals surface area (Å²) < 4.78 is 21.7. The SMILES string of the molecule is c1ccc(N2c3ccccc3B3c4cc5c(cc4Oc4cccc2c43)N(c2ccccc2)c2cccc3c2B5c2c(cc4c5c2Oc2ccccc2B5c2ccccc2O4)N3c2ccccc2)cc1. The lowest BCUT2D eigenvalue weighted by atomic mass is 9.29. The average Bonchev–Trinajstić information content (AvgIpc) is 3.41. The van der Waals surface area contributed by atoms with E-state index in [-0.39, 0.29) is 20.1 Å². The van der Waals surface area contributed by atoms with Crippen molar-refractivity contribution < 1.29 is 14.2 Å². The van der Waals surface area contributed by atoms with Crippen molar-refractivity contribution in [3.8, 4) is 34.5 Å². The van der Waals surface area contributed by atoms with Gasteiger partial charge in [-0.2, -0.15) is 0 Å². The molecule has 9 heteroatoms. The van der Waals surface area contributed by atoms with Crippen molar-refractivity contribution >= 4 is 120 Å². The first-order chi connectivity index (χ1) is 34.3. The molecule has 0 amide bonds. The minimum Gasteiger partial charge on any atom is -0.459 e. The molecular formula is C60H36B3N3O3. The van der Waals surface area contributed by atoms with Gasteiger partial charge in [-0.1, -0.05) is 127 Å². The van der Waals surface area contributed by atoms with Crippen LogP contribution in [0.5, 0.6) is 34.5 Å². The largest absolute Gasteiger partial charge is 0.459 e. The lowest BCUT2D eigenvalue weighted by Crippen LogP contribution is -2.66.